The molecule has 3 heterocycles. The maximum absolute atomic E-state index is 12.1. The molecule has 7 nitrogen and oxygen atoms in total. The van der Waals surface area contributed by atoms with Crippen molar-refractivity contribution < 1.29 is 13.7 Å². The van der Waals surface area contributed by atoms with Crippen LogP contribution in [0.4, 0.5) is 0 Å². The molecule has 1 saturated heterocycles. The second kappa shape index (κ2) is 7.65. The van der Waals surface area contributed by atoms with Crippen molar-refractivity contribution in [3.8, 4) is 0 Å². The highest BCUT2D eigenvalue weighted by atomic mass is 32.2. The smallest absolute Gasteiger partial charge is 0.287 e. The van der Waals surface area contributed by atoms with Crippen molar-refractivity contribution >= 4 is 17.7 Å². The number of hydrogen-bond donors (Lipinski definition) is 1. The average Bonchev–Trinajstić information content (AvgIpc) is 3.27. The molecule has 1 aliphatic rings. The Labute approximate surface area is 138 Å². The van der Waals surface area contributed by atoms with Crippen molar-refractivity contribution in [3.63, 3.8) is 0 Å². The van der Waals surface area contributed by atoms with E-state index in [0.29, 0.717) is 23.2 Å². The highest BCUT2D eigenvalue weighted by Crippen LogP contribution is 2.15. The molecule has 0 aromatic carbocycles. The number of aromatic nitrogens is 2. The van der Waals surface area contributed by atoms with E-state index in [-0.39, 0.29) is 12.5 Å². The van der Waals surface area contributed by atoms with Gasteiger partial charge >= 0.3 is 0 Å². The van der Waals surface area contributed by atoms with E-state index < -0.39 is 0 Å². The van der Waals surface area contributed by atoms with Crippen LogP contribution in [0.1, 0.15) is 40.9 Å². The fourth-order valence-corrected chi connectivity index (χ4v) is 2.91. The Morgan fingerprint density at radius 2 is 2.22 bits per heavy atom. The monoisotopic (exact) mass is 336 g/mol. The summed E-state index contributed by atoms with van der Waals surface area (Å²) in [6, 6.07) is 3.56. The van der Waals surface area contributed by atoms with Gasteiger partial charge in [0.25, 0.3) is 5.91 Å². The third-order valence-corrected chi connectivity index (χ3v) is 4.19. The lowest BCUT2D eigenvalue weighted by Gasteiger charge is -2.11. The Morgan fingerprint density at radius 3 is 3.00 bits per heavy atom. The van der Waals surface area contributed by atoms with E-state index in [4.69, 9.17) is 8.94 Å². The number of rotatable bonds is 7. The Balaban J connectivity index is 1.50. The molecule has 3 rings (SSSR count). The van der Waals surface area contributed by atoms with Crippen LogP contribution in [0.25, 0.3) is 0 Å². The molecule has 0 aliphatic carbocycles. The van der Waals surface area contributed by atoms with Crippen molar-refractivity contribution in [2.24, 2.45) is 0 Å². The zero-order chi connectivity index (χ0) is 16.1. The minimum Gasteiger partial charge on any atom is -0.455 e. The molecule has 1 amide bonds. The van der Waals surface area contributed by atoms with E-state index in [2.05, 4.69) is 20.4 Å². The highest BCUT2D eigenvalue weighted by molar-refractivity contribution is 7.97. The van der Waals surface area contributed by atoms with Gasteiger partial charge in [0.15, 0.2) is 11.6 Å². The number of thioether (sulfide) groups is 1. The molecule has 23 heavy (non-hydrogen) atoms. The van der Waals surface area contributed by atoms with Gasteiger partial charge in [0.2, 0.25) is 5.89 Å². The third-order valence-electron chi connectivity index (χ3n) is 3.65. The van der Waals surface area contributed by atoms with Crippen molar-refractivity contribution in [2.75, 3.05) is 19.3 Å². The van der Waals surface area contributed by atoms with Gasteiger partial charge in [0.1, 0.15) is 5.76 Å². The minimum absolute atomic E-state index is 0.197. The first-order valence-electron chi connectivity index (χ1n) is 7.64. The Hall–Kier alpha value is -1.80. The first kappa shape index (κ1) is 16.1. The fourth-order valence-electron chi connectivity index (χ4n) is 2.54. The van der Waals surface area contributed by atoms with E-state index in [9.17, 15) is 4.79 Å². The predicted octanol–water partition coefficient (Wildman–Crippen LogP) is 2.05. The van der Waals surface area contributed by atoms with E-state index >= 15 is 0 Å². The van der Waals surface area contributed by atoms with Gasteiger partial charge in [-0.3, -0.25) is 9.69 Å². The van der Waals surface area contributed by atoms with Crippen LogP contribution in [0, 0.1) is 0 Å². The molecule has 0 bridgehead atoms. The lowest BCUT2D eigenvalue weighted by Crippen LogP contribution is -2.22. The van der Waals surface area contributed by atoms with E-state index in [1.165, 1.54) is 12.8 Å². The van der Waals surface area contributed by atoms with Crippen molar-refractivity contribution in [3.05, 3.63) is 35.4 Å². The Kier molecular flexibility index (Phi) is 5.35. The largest absolute Gasteiger partial charge is 0.455 e. The normalized spacial score (nSPS) is 15.2. The molecule has 1 aliphatic heterocycles. The van der Waals surface area contributed by atoms with Gasteiger partial charge in [-0.05, 0) is 44.3 Å². The number of carbonyl (C=O) groups excluding carboxylic acids is 1. The summed E-state index contributed by atoms with van der Waals surface area (Å²) in [6.07, 6.45) is 4.43. The topological polar surface area (TPSA) is 84.4 Å². The van der Waals surface area contributed by atoms with Crippen LogP contribution in [0.5, 0.6) is 0 Å². The Bertz CT molecular complexity index is 649. The molecule has 8 heteroatoms. The van der Waals surface area contributed by atoms with Gasteiger partial charge in [-0.15, -0.1) is 0 Å². The Morgan fingerprint density at radius 1 is 1.39 bits per heavy atom. The summed E-state index contributed by atoms with van der Waals surface area (Å²) in [6.45, 7) is 3.15. The van der Waals surface area contributed by atoms with Gasteiger partial charge in [-0.1, -0.05) is 5.16 Å². The fraction of sp³-hybridized carbons (Fsp3) is 0.533. The molecule has 1 fully saturated rings. The number of hydrogen-bond acceptors (Lipinski definition) is 7. The van der Waals surface area contributed by atoms with Crippen LogP contribution >= 0.6 is 11.8 Å². The minimum atomic E-state index is -0.276. The number of nitrogens with one attached hydrogen (secondary N) is 1. The molecule has 0 saturated carbocycles. The van der Waals surface area contributed by atoms with Gasteiger partial charge < -0.3 is 14.3 Å². The molecule has 0 radical (unpaired) electrons. The van der Waals surface area contributed by atoms with Crippen LogP contribution in [-0.2, 0) is 18.8 Å². The summed E-state index contributed by atoms with van der Waals surface area (Å²) in [5, 5.41) is 6.56. The van der Waals surface area contributed by atoms with Crippen molar-refractivity contribution in [2.45, 2.75) is 31.7 Å². The lowest BCUT2D eigenvalue weighted by atomic mass is 10.4. The zero-order valence-electron chi connectivity index (χ0n) is 13.1. The van der Waals surface area contributed by atoms with Gasteiger partial charge in [0, 0.05) is 0 Å². The van der Waals surface area contributed by atoms with Gasteiger partial charge in [-0.25, -0.2) is 0 Å². The molecule has 124 valence electrons. The maximum atomic E-state index is 12.1. The summed E-state index contributed by atoms with van der Waals surface area (Å²) < 4.78 is 10.7. The van der Waals surface area contributed by atoms with Gasteiger partial charge in [0.05, 0.1) is 18.8 Å². The molecule has 1 N–H and O–H groups in total. The van der Waals surface area contributed by atoms with Gasteiger partial charge in [-0.2, -0.15) is 16.7 Å². The van der Waals surface area contributed by atoms with Crippen LogP contribution < -0.4 is 5.32 Å². The number of furan rings is 1. The van der Waals surface area contributed by atoms with E-state index in [0.717, 1.165) is 25.4 Å². The number of nitrogens with zero attached hydrogens (tertiary/aromatic N) is 3. The quantitative estimate of drug-likeness (QED) is 0.828. The maximum Gasteiger partial charge on any atom is 0.287 e. The number of carbonyl (C=O) groups is 1. The molecule has 2 aromatic rings. The summed E-state index contributed by atoms with van der Waals surface area (Å²) in [7, 11) is 0. The van der Waals surface area contributed by atoms with Crippen molar-refractivity contribution in [1.29, 1.82) is 0 Å². The molecular formula is C15H20N4O3S. The second-order valence-electron chi connectivity index (χ2n) is 5.47. The SMILES string of the molecule is CSCc1noc(CNC(=O)c2ccc(CN3CCCC3)o2)n1. The van der Waals surface area contributed by atoms with E-state index in [1.54, 1.807) is 17.8 Å². The first-order valence-corrected chi connectivity index (χ1v) is 9.03. The van der Waals surface area contributed by atoms with E-state index in [1.807, 2.05) is 12.3 Å². The third kappa shape index (κ3) is 4.35. The molecule has 0 spiro atoms. The average molecular weight is 336 g/mol. The lowest BCUT2D eigenvalue weighted by molar-refractivity contribution is 0.0915. The molecular weight excluding hydrogens is 316 g/mol. The molecule has 0 unspecified atom stereocenters. The van der Waals surface area contributed by atoms with Crippen LogP contribution in [-0.4, -0.2) is 40.3 Å². The summed E-state index contributed by atoms with van der Waals surface area (Å²) >= 11 is 1.61. The van der Waals surface area contributed by atoms with Crippen molar-refractivity contribution in [1.82, 2.24) is 20.4 Å². The molecule has 0 atom stereocenters. The summed E-state index contributed by atoms with van der Waals surface area (Å²) in [5.41, 5.74) is 0. The summed E-state index contributed by atoms with van der Waals surface area (Å²) in [4.78, 5) is 18.6. The first-order chi connectivity index (χ1) is 11.2. The number of amides is 1. The molecule has 2 aromatic heterocycles. The van der Waals surface area contributed by atoms with Crippen LogP contribution in [0.3, 0.4) is 0 Å². The zero-order valence-corrected chi connectivity index (χ0v) is 13.9. The van der Waals surface area contributed by atoms with Crippen LogP contribution in [0.15, 0.2) is 21.1 Å². The number of likely N-dealkylation sites (tertiary alicyclic amines) is 1. The summed E-state index contributed by atoms with van der Waals surface area (Å²) in [5.74, 6) is 2.57. The second-order valence-corrected chi connectivity index (χ2v) is 6.34. The van der Waals surface area contributed by atoms with Crippen LogP contribution in [0.2, 0.25) is 0 Å². The standard InChI is InChI=1S/C15H20N4O3S/c1-23-10-13-17-14(22-18-13)8-16-15(20)12-5-4-11(21-12)9-19-6-2-3-7-19/h4-5H,2-3,6-10H2,1H3,(H,16,20). The highest BCUT2D eigenvalue weighted by Gasteiger charge is 2.16. The predicted molar refractivity (Wildman–Crippen MR) is 85.9 cm³/mol.